The van der Waals surface area contributed by atoms with Gasteiger partial charge >= 0.3 is 0 Å². The van der Waals surface area contributed by atoms with Crippen molar-refractivity contribution in [2.75, 3.05) is 7.11 Å². The lowest BCUT2D eigenvalue weighted by atomic mass is 10.2. The summed E-state index contributed by atoms with van der Waals surface area (Å²) in [5.41, 5.74) is 1.19. The van der Waals surface area contributed by atoms with E-state index in [1.807, 2.05) is 19.1 Å². The number of aromatic nitrogens is 1. The molecule has 2 nitrogen and oxygen atoms in total. The quantitative estimate of drug-likeness (QED) is 0.678. The number of ether oxygens (including phenoxy) is 1. The molecule has 0 aliphatic rings. The van der Waals surface area contributed by atoms with Gasteiger partial charge in [0.25, 0.3) is 0 Å². The number of nitrogens with zero attached hydrogens (tertiary/aromatic N) is 1. The highest BCUT2D eigenvalue weighted by molar-refractivity contribution is 5.81. The van der Waals surface area contributed by atoms with Crippen molar-refractivity contribution in [3.05, 3.63) is 30.5 Å². The van der Waals surface area contributed by atoms with Gasteiger partial charge in [-0.15, -0.1) is 5.92 Å². The molecule has 0 bridgehead atoms. The van der Waals surface area contributed by atoms with Crippen molar-refractivity contribution in [3.63, 3.8) is 0 Å². The van der Waals surface area contributed by atoms with Crippen LogP contribution in [0.15, 0.2) is 30.5 Å². The minimum Gasteiger partial charge on any atom is -0.497 e. The molecule has 0 fully saturated rings. The largest absolute Gasteiger partial charge is 0.497 e. The Morgan fingerprint density at radius 3 is 2.93 bits per heavy atom. The van der Waals surface area contributed by atoms with E-state index in [0.29, 0.717) is 0 Å². The van der Waals surface area contributed by atoms with Crippen LogP contribution in [0.5, 0.6) is 5.75 Å². The summed E-state index contributed by atoms with van der Waals surface area (Å²) in [5, 5.41) is 1.19. The van der Waals surface area contributed by atoms with E-state index < -0.39 is 0 Å². The van der Waals surface area contributed by atoms with E-state index in [0.717, 1.165) is 12.3 Å². The Balaban J connectivity index is 2.45. The summed E-state index contributed by atoms with van der Waals surface area (Å²) in [6, 6.07) is 8.14. The van der Waals surface area contributed by atoms with E-state index in [4.69, 9.17) is 4.74 Å². The first-order valence-electron chi connectivity index (χ1n) is 4.87. The third-order valence-electron chi connectivity index (χ3n) is 2.40. The smallest absolute Gasteiger partial charge is 0.119 e. The first-order chi connectivity index (χ1) is 7.35. The molecule has 76 valence electrons. The molecule has 1 aromatic heterocycles. The minimum atomic E-state index is 0.742. The summed E-state index contributed by atoms with van der Waals surface area (Å²) in [6.07, 6.45) is 2.05. The van der Waals surface area contributed by atoms with Gasteiger partial charge in [0.15, 0.2) is 0 Å². The predicted molar refractivity (Wildman–Crippen MR) is 61.9 cm³/mol. The maximum atomic E-state index is 5.18. The first kappa shape index (κ1) is 9.67. The van der Waals surface area contributed by atoms with Gasteiger partial charge in [0, 0.05) is 17.1 Å². The monoisotopic (exact) mass is 199 g/mol. The molecule has 0 atom stereocenters. The molecule has 0 aliphatic heterocycles. The fourth-order valence-corrected chi connectivity index (χ4v) is 1.61. The predicted octanol–water partition coefficient (Wildman–Crippen LogP) is 2.67. The summed E-state index contributed by atoms with van der Waals surface area (Å²) in [7, 11) is 1.68. The molecule has 15 heavy (non-hydrogen) atoms. The number of rotatable bonds is 2. The van der Waals surface area contributed by atoms with Gasteiger partial charge in [0.05, 0.1) is 13.7 Å². The average Bonchev–Trinajstić information content (AvgIpc) is 2.68. The van der Waals surface area contributed by atoms with E-state index in [-0.39, 0.29) is 0 Å². The van der Waals surface area contributed by atoms with Gasteiger partial charge < -0.3 is 9.30 Å². The summed E-state index contributed by atoms with van der Waals surface area (Å²) >= 11 is 0. The zero-order valence-electron chi connectivity index (χ0n) is 8.95. The van der Waals surface area contributed by atoms with Crippen LogP contribution >= 0.6 is 0 Å². The molecule has 0 saturated heterocycles. The Morgan fingerprint density at radius 1 is 1.33 bits per heavy atom. The second-order valence-electron chi connectivity index (χ2n) is 3.30. The van der Waals surface area contributed by atoms with Gasteiger partial charge in [0.2, 0.25) is 0 Å². The molecule has 0 aliphatic carbocycles. The van der Waals surface area contributed by atoms with Gasteiger partial charge in [-0.2, -0.15) is 0 Å². The van der Waals surface area contributed by atoms with Crippen molar-refractivity contribution in [1.29, 1.82) is 0 Å². The lowest BCUT2D eigenvalue weighted by molar-refractivity contribution is 0.415. The molecule has 2 aromatic rings. The van der Waals surface area contributed by atoms with Crippen molar-refractivity contribution < 1.29 is 4.74 Å². The topological polar surface area (TPSA) is 14.2 Å². The van der Waals surface area contributed by atoms with Gasteiger partial charge in [-0.25, -0.2) is 0 Å². The Kier molecular flexibility index (Phi) is 2.64. The van der Waals surface area contributed by atoms with Gasteiger partial charge in [-0.3, -0.25) is 0 Å². The standard InChI is InChI=1S/C13H13NO/c1-3-4-8-14-9-7-11-10-12(15-2)5-6-13(11)14/h5-7,9-10H,8H2,1-2H3. The van der Waals surface area contributed by atoms with E-state index >= 15 is 0 Å². The molecular formula is C13H13NO. The van der Waals surface area contributed by atoms with E-state index in [1.165, 1.54) is 10.9 Å². The van der Waals surface area contributed by atoms with Crippen LogP contribution in [-0.4, -0.2) is 11.7 Å². The molecule has 0 saturated carbocycles. The summed E-state index contributed by atoms with van der Waals surface area (Å²) in [5.74, 6) is 6.84. The zero-order chi connectivity index (χ0) is 10.7. The number of hydrogen-bond acceptors (Lipinski definition) is 1. The van der Waals surface area contributed by atoms with Crippen LogP contribution < -0.4 is 4.74 Å². The van der Waals surface area contributed by atoms with Crippen LogP contribution in [0.2, 0.25) is 0 Å². The Labute approximate surface area is 89.5 Å². The molecule has 0 spiro atoms. The Hall–Kier alpha value is -1.88. The third kappa shape index (κ3) is 1.82. The van der Waals surface area contributed by atoms with Gasteiger partial charge in [-0.1, -0.05) is 5.92 Å². The molecule has 0 radical (unpaired) electrons. The summed E-state index contributed by atoms with van der Waals surface area (Å²) < 4.78 is 7.31. The van der Waals surface area contributed by atoms with E-state index in [1.54, 1.807) is 7.11 Å². The molecular weight excluding hydrogens is 186 g/mol. The number of methoxy groups -OCH3 is 1. The molecule has 1 aromatic carbocycles. The SMILES string of the molecule is CC#CCn1ccc2cc(OC)ccc21. The van der Waals surface area contributed by atoms with E-state index in [2.05, 4.69) is 34.7 Å². The fraction of sp³-hybridized carbons (Fsp3) is 0.231. The lowest BCUT2D eigenvalue weighted by Gasteiger charge is -2.02. The summed E-state index contributed by atoms with van der Waals surface area (Å²) in [4.78, 5) is 0. The van der Waals surface area contributed by atoms with Crippen molar-refractivity contribution in [2.45, 2.75) is 13.5 Å². The fourth-order valence-electron chi connectivity index (χ4n) is 1.61. The highest BCUT2D eigenvalue weighted by Crippen LogP contribution is 2.21. The van der Waals surface area contributed by atoms with E-state index in [9.17, 15) is 0 Å². The van der Waals surface area contributed by atoms with Gasteiger partial charge in [-0.05, 0) is 31.2 Å². The van der Waals surface area contributed by atoms with Crippen molar-refractivity contribution >= 4 is 10.9 Å². The number of benzene rings is 1. The summed E-state index contributed by atoms with van der Waals surface area (Å²) in [6.45, 7) is 2.60. The molecule has 1 heterocycles. The van der Waals surface area contributed by atoms with Crippen LogP contribution in [0.3, 0.4) is 0 Å². The third-order valence-corrected chi connectivity index (χ3v) is 2.40. The Morgan fingerprint density at radius 2 is 2.20 bits per heavy atom. The van der Waals surface area contributed by atoms with Crippen LogP contribution in [0, 0.1) is 11.8 Å². The normalized spacial score (nSPS) is 9.73. The molecule has 2 rings (SSSR count). The highest BCUT2D eigenvalue weighted by atomic mass is 16.5. The molecule has 0 N–H and O–H groups in total. The van der Waals surface area contributed by atoms with Crippen LogP contribution in [-0.2, 0) is 6.54 Å². The van der Waals surface area contributed by atoms with Crippen LogP contribution in [0.4, 0.5) is 0 Å². The van der Waals surface area contributed by atoms with Crippen LogP contribution in [0.1, 0.15) is 6.92 Å². The molecule has 0 amide bonds. The van der Waals surface area contributed by atoms with Crippen LogP contribution in [0.25, 0.3) is 10.9 Å². The number of fused-ring (bicyclic) bond motifs is 1. The van der Waals surface area contributed by atoms with Gasteiger partial charge in [0.1, 0.15) is 5.75 Å². The average molecular weight is 199 g/mol. The van der Waals surface area contributed by atoms with Crippen molar-refractivity contribution in [3.8, 4) is 17.6 Å². The second-order valence-corrected chi connectivity index (χ2v) is 3.30. The molecule has 2 heteroatoms. The van der Waals surface area contributed by atoms with Crippen molar-refractivity contribution in [1.82, 2.24) is 4.57 Å². The second kappa shape index (κ2) is 4.10. The maximum Gasteiger partial charge on any atom is 0.119 e. The number of hydrogen-bond donors (Lipinski definition) is 0. The zero-order valence-corrected chi connectivity index (χ0v) is 8.95. The highest BCUT2D eigenvalue weighted by Gasteiger charge is 2.00. The lowest BCUT2D eigenvalue weighted by Crippen LogP contribution is -1.92. The minimum absolute atomic E-state index is 0.742. The molecule has 0 unspecified atom stereocenters. The first-order valence-corrected chi connectivity index (χ1v) is 4.87. The van der Waals surface area contributed by atoms with Crippen molar-refractivity contribution in [2.24, 2.45) is 0 Å². The Bertz CT molecular complexity index is 528. The maximum absolute atomic E-state index is 5.18.